The third kappa shape index (κ3) is 5.48. The molecule has 3 aromatic rings. The van der Waals surface area contributed by atoms with Crippen molar-refractivity contribution in [2.45, 2.75) is 65.7 Å². The number of aromatic nitrogens is 2. The van der Waals surface area contributed by atoms with Gasteiger partial charge in [-0.1, -0.05) is 38.3 Å². The fourth-order valence-corrected chi connectivity index (χ4v) is 5.79. The highest BCUT2D eigenvalue weighted by atomic mass is 32.1. The summed E-state index contributed by atoms with van der Waals surface area (Å²) in [7, 11) is 0. The highest BCUT2D eigenvalue weighted by Gasteiger charge is 2.28. The smallest absolute Gasteiger partial charge is 0.359 e. The molecule has 8 heteroatoms. The van der Waals surface area contributed by atoms with E-state index >= 15 is 0 Å². The third-order valence-electron chi connectivity index (χ3n) is 6.79. The Morgan fingerprint density at radius 1 is 1.20 bits per heavy atom. The molecule has 4 rings (SSSR count). The van der Waals surface area contributed by atoms with Crippen LogP contribution in [0.5, 0.6) is 0 Å². The Kier molecular flexibility index (Phi) is 8.00. The van der Waals surface area contributed by atoms with Crippen molar-refractivity contribution in [3.63, 3.8) is 0 Å². The van der Waals surface area contributed by atoms with Crippen molar-refractivity contribution in [1.29, 1.82) is 0 Å². The van der Waals surface area contributed by atoms with E-state index in [4.69, 9.17) is 4.74 Å². The molecule has 7 nitrogen and oxygen atoms in total. The number of hydrogen-bond donors (Lipinski definition) is 1. The van der Waals surface area contributed by atoms with Gasteiger partial charge in [-0.05, 0) is 63.1 Å². The lowest BCUT2D eigenvalue weighted by Crippen LogP contribution is -2.28. The maximum absolute atomic E-state index is 13.6. The molecule has 1 aliphatic carbocycles. The SMILES string of the molecule is CCCCC1CCC(C(=O)Nc2scc3c(C(=O)OCC)nn(-c4cccc(C)c4)c(=O)c23)CC1. The highest BCUT2D eigenvalue weighted by Crippen LogP contribution is 2.35. The third-order valence-corrected chi connectivity index (χ3v) is 7.68. The number of hydrogen-bond acceptors (Lipinski definition) is 6. The summed E-state index contributed by atoms with van der Waals surface area (Å²) in [5, 5.41) is 10.2. The molecule has 0 spiro atoms. The van der Waals surface area contributed by atoms with Gasteiger partial charge in [-0.3, -0.25) is 9.59 Å². The van der Waals surface area contributed by atoms with E-state index in [-0.39, 0.29) is 29.7 Å². The number of fused-ring (bicyclic) bond motifs is 1. The van der Waals surface area contributed by atoms with E-state index in [1.807, 2.05) is 25.1 Å². The number of carbonyl (C=O) groups is 2. The van der Waals surface area contributed by atoms with E-state index in [2.05, 4.69) is 17.3 Å². The molecule has 2 heterocycles. The summed E-state index contributed by atoms with van der Waals surface area (Å²) in [6.45, 7) is 6.05. The Morgan fingerprint density at radius 3 is 2.66 bits per heavy atom. The number of thiophene rings is 1. The lowest BCUT2D eigenvalue weighted by Gasteiger charge is -2.27. The summed E-state index contributed by atoms with van der Waals surface area (Å²) in [6, 6.07) is 7.35. The summed E-state index contributed by atoms with van der Waals surface area (Å²) in [5.74, 6) is -0.00428. The van der Waals surface area contributed by atoms with Gasteiger partial charge in [0.1, 0.15) is 5.00 Å². The van der Waals surface area contributed by atoms with Gasteiger partial charge >= 0.3 is 5.97 Å². The Hall–Kier alpha value is -3.00. The second kappa shape index (κ2) is 11.2. The molecule has 186 valence electrons. The molecule has 2 aromatic heterocycles. The largest absolute Gasteiger partial charge is 0.461 e. The number of unbranched alkanes of at least 4 members (excludes halogenated alkanes) is 1. The first-order chi connectivity index (χ1) is 16.9. The fourth-order valence-electron chi connectivity index (χ4n) is 4.85. The number of esters is 1. The summed E-state index contributed by atoms with van der Waals surface area (Å²) < 4.78 is 6.44. The Labute approximate surface area is 209 Å². The molecule has 1 N–H and O–H groups in total. The number of ether oxygens (including phenoxy) is 1. The van der Waals surface area contributed by atoms with E-state index < -0.39 is 5.97 Å². The van der Waals surface area contributed by atoms with E-state index in [1.165, 1.54) is 35.3 Å². The van der Waals surface area contributed by atoms with Crippen molar-refractivity contribution in [2.75, 3.05) is 11.9 Å². The molecule has 0 atom stereocenters. The minimum atomic E-state index is -0.597. The van der Waals surface area contributed by atoms with Gasteiger partial charge in [0.15, 0.2) is 5.69 Å². The number of carbonyl (C=O) groups excluding carboxylic acids is 2. The normalized spacial score (nSPS) is 17.9. The maximum atomic E-state index is 13.6. The molecule has 0 bridgehead atoms. The van der Waals surface area contributed by atoms with Crippen LogP contribution in [-0.4, -0.2) is 28.3 Å². The first kappa shape index (κ1) is 25.1. The topological polar surface area (TPSA) is 90.3 Å². The van der Waals surface area contributed by atoms with E-state index in [0.717, 1.165) is 31.2 Å². The van der Waals surface area contributed by atoms with Crippen molar-refractivity contribution in [3.8, 4) is 5.69 Å². The minimum Gasteiger partial charge on any atom is -0.461 e. The number of anilines is 1. The number of amides is 1. The van der Waals surface area contributed by atoms with Gasteiger partial charge in [0.25, 0.3) is 5.56 Å². The van der Waals surface area contributed by atoms with Crippen molar-refractivity contribution in [2.24, 2.45) is 11.8 Å². The molecule has 1 fully saturated rings. The van der Waals surface area contributed by atoms with E-state index in [1.54, 1.807) is 18.4 Å². The molecule has 35 heavy (non-hydrogen) atoms. The molecule has 1 aliphatic rings. The monoisotopic (exact) mass is 495 g/mol. The van der Waals surface area contributed by atoms with Crippen LogP contribution in [0.15, 0.2) is 34.4 Å². The van der Waals surface area contributed by atoms with Crippen LogP contribution in [0.1, 0.15) is 74.8 Å². The minimum absolute atomic E-state index is 0.0568. The highest BCUT2D eigenvalue weighted by molar-refractivity contribution is 7.16. The first-order valence-electron chi connectivity index (χ1n) is 12.5. The zero-order chi connectivity index (χ0) is 24.9. The van der Waals surface area contributed by atoms with Crippen molar-refractivity contribution in [1.82, 2.24) is 9.78 Å². The van der Waals surface area contributed by atoms with Gasteiger partial charge < -0.3 is 10.1 Å². The molecule has 1 amide bonds. The summed E-state index contributed by atoms with van der Waals surface area (Å²) in [5.41, 5.74) is 1.20. The number of aryl methyl sites for hydroxylation is 1. The van der Waals surface area contributed by atoms with Crippen LogP contribution < -0.4 is 10.9 Å². The van der Waals surface area contributed by atoms with Gasteiger partial charge in [-0.25, -0.2) is 4.79 Å². The molecule has 0 radical (unpaired) electrons. The van der Waals surface area contributed by atoms with Gasteiger partial charge in [0, 0.05) is 16.7 Å². The van der Waals surface area contributed by atoms with Crippen LogP contribution in [0.25, 0.3) is 16.5 Å². The molecule has 1 saturated carbocycles. The van der Waals surface area contributed by atoms with E-state index in [9.17, 15) is 14.4 Å². The van der Waals surface area contributed by atoms with Gasteiger partial charge in [0.2, 0.25) is 5.91 Å². The molecular weight excluding hydrogens is 462 g/mol. The van der Waals surface area contributed by atoms with Gasteiger partial charge in [-0.15, -0.1) is 11.3 Å². The predicted molar refractivity (Wildman–Crippen MR) is 140 cm³/mol. The van der Waals surface area contributed by atoms with Crippen LogP contribution in [0.2, 0.25) is 0 Å². The van der Waals surface area contributed by atoms with Crippen molar-refractivity contribution >= 4 is 39.0 Å². The summed E-state index contributed by atoms with van der Waals surface area (Å²) >= 11 is 1.24. The molecule has 0 unspecified atom stereocenters. The molecule has 0 saturated heterocycles. The fraction of sp³-hybridized carbons (Fsp3) is 0.481. The Balaban J connectivity index is 1.67. The molecule has 0 aliphatic heterocycles. The average Bonchev–Trinajstić information content (AvgIpc) is 3.27. The lowest BCUT2D eigenvalue weighted by molar-refractivity contribution is -0.121. The van der Waals surface area contributed by atoms with Crippen LogP contribution in [-0.2, 0) is 9.53 Å². The van der Waals surface area contributed by atoms with Crippen molar-refractivity contribution < 1.29 is 14.3 Å². The average molecular weight is 496 g/mol. The number of benzene rings is 1. The number of nitrogens with zero attached hydrogens (tertiary/aromatic N) is 2. The maximum Gasteiger partial charge on any atom is 0.359 e. The van der Waals surface area contributed by atoms with E-state index in [0.29, 0.717) is 27.4 Å². The predicted octanol–water partition coefficient (Wildman–Crippen LogP) is 5.87. The zero-order valence-corrected chi connectivity index (χ0v) is 21.5. The van der Waals surface area contributed by atoms with Crippen LogP contribution >= 0.6 is 11.3 Å². The Morgan fingerprint density at radius 2 is 1.97 bits per heavy atom. The number of nitrogens with one attached hydrogen (secondary N) is 1. The Bertz CT molecular complexity index is 1270. The zero-order valence-electron chi connectivity index (χ0n) is 20.6. The van der Waals surface area contributed by atoms with Crippen LogP contribution in [0, 0.1) is 18.8 Å². The van der Waals surface area contributed by atoms with Crippen LogP contribution in [0.4, 0.5) is 5.00 Å². The molecule has 1 aromatic carbocycles. The standard InChI is InChI=1S/C27H33N3O4S/c1-4-6-9-18-11-13-19(14-12-18)24(31)28-25-22-21(16-35-25)23(27(33)34-5-2)29-30(26(22)32)20-10-7-8-17(3)15-20/h7-8,10,15-16,18-19H,4-6,9,11-14H2,1-3H3,(H,28,31). The number of rotatable bonds is 8. The second-order valence-corrected chi connectivity index (χ2v) is 10.2. The van der Waals surface area contributed by atoms with Gasteiger partial charge in [-0.2, -0.15) is 9.78 Å². The first-order valence-corrected chi connectivity index (χ1v) is 13.4. The summed E-state index contributed by atoms with van der Waals surface area (Å²) in [6.07, 6.45) is 7.56. The lowest BCUT2D eigenvalue weighted by atomic mass is 9.79. The van der Waals surface area contributed by atoms with Crippen LogP contribution in [0.3, 0.4) is 0 Å². The quantitative estimate of drug-likeness (QED) is 0.395. The molecular formula is C27H33N3O4S. The van der Waals surface area contributed by atoms with Gasteiger partial charge in [0.05, 0.1) is 17.7 Å². The summed E-state index contributed by atoms with van der Waals surface area (Å²) in [4.78, 5) is 39.4. The van der Waals surface area contributed by atoms with Crippen molar-refractivity contribution in [3.05, 3.63) is 51.3 Å². The second-order valence-electron chi connectivity index (χ2n) is 9.33.